The van der Waals surface area contributed by atoms with Crippen molar-refractivity contribution in [2.24, 2.45) is 0 Å². The average molecular weight is 354 g/mol. The lowest BCUT2D eigenvalue weighted by Gasteiger charge is -2.09. The lowest BCUT2D eigenvalue weighted by atomic mass is 10.0. The van der Waals surface area contributed by atoms with E-state index in [-0.39, 0.29) is 0 Å². The van der Waals surface area contributed by atoms with E-state index in [0.717, 1.165) is 47.8 Å². The fourth-order valence-corrected chi connectivity index (χ4v) is 3.52. The first kappa shape index (κ1) is 16.2. The summed E-state index contributed by atoms with van der Waals surface area (Å²) in [6.07, 6.45) is 1.89. The molecule has 1 aliphatic rings. The first-order valence-corrected chi connectivity index (χ1v) is 8.92. The Labute approximate surface area is 152 Å². The highest BCUT2D eigenvalue weighted by Gasteiger charge is 2.21. The number of hydrogen-bond donors (Lipinski definition) is 2. The Morgan fingerprint density at radius 1 is 1.04 bits per heavy atom. The van der Waals surface area contributed by atoms with Crippen LogP contribution in [0.4, 0.5) is 0 Å². The summed E-state index contributed by atoms with van der Waals surface area (Å²) < 4.78 is 2.04. The summed E-state index contributed by atoms with van der Waals surface area (Å²) in [7, 11) is 0. The Bertz CT molecular complexity index is 886. The number of fused-ring (bicyclic) bond motifs is 1. The summed E-state index contributed by atoms with van der Waals surface area (Å²) >= 11 is 6.04. The molecule has 0 radical (unpaired) electrons. The number of benzene rings is 2. The Morgan fingerprint density at radius 3 is 2.60 bits per heavy atom. The monoisotopic (exact) mass is 353 g/mol. The van der Waals surface area contributed by atoms with Crippen LogP contribution < -0.4 is 5.32 Å². The maximum absolute atomic E-state index is 10.1. The van der Waals surface area contributed by atoms with Gasteiger partial charge in [0.05, 0.1) is 12.2 Å². The van der Waals surface area contributed by atoms with E-state index in [2.05, 4.69) is 5.32 Å². The minimum Gasteiger partial charge on any atom is -0.508 e. The van der Waals surface area contributed by atoms with E-state index in [0.29, 0.717) is 12.3 Å². The highest BCUT2D eigenvalue weighted by atomic mass is 35.5. The average Bonchev–Trinajstić information content (AvgIpc) is 2.80. The minimum atomic E-state index is 0.312. The molecule has 0 fully saturated rings. The molecule has 0 saturated heterocycles. The van der Waals surface area contributed by atoms with E-state index in [4.69, 9.17) is 16.7 Å². The number of aromatic nitrogens is 2. The van der Waals surface area contributed by atoms with Crippen molar-refractivity contribution in [2.75, 3.05) is 13.1 Å². The van der Waals surface area contributed by atoms with Crippen LogP contribution in [0.15, 0.2) is 48.5 Å². The third-order valence-corrected chi connectivity index (χ3v) is 4.94. The Morgan fingerprint density at radius 2 is 1.80 bits per heavy atom. The van der Waals surface area contributed by atoms with Crippen molar-refractivity contribution in [3.63, 3.8) is 0 Å². The Hall–Kier alpha value is -2.30. The van der Waals surface area contributed by atoms with Gasteiger partial charge in [-0.25, -0.2) is 0 Å². The molecule has 0 atom stereocenters. The first-order chi connectivity index (χ1) is 12.2. The van der Waals surface area contributed by atoms with Crippen LogP contribution in [0.25, 0.3) is 11.3 Å². The number of para-hydroxylation sites is 1. The van der Waals surface area contributed by atoms with Crippen LogP contribution in [0.3, 0.4) is 0 Å². The number of halogens is 1. The number of phenolic OH excluding ortho intramolecular Hbond substituents is 1. The van der Waals surface area contributed by atoms with Gasteiger partial charge in [0.25, 0.3) is 0 Å². The van der Waals surface area contributed by atoms with Gasteiger partial charge in [0.2, 0.25) is 0 Å². The molecular weight excluding hydrogens is 334 g/mol. The Balaban J connectivity index is 1.79. The maximum Gasteiger partial charge on any atom is 0.120 e. The third kappa shape index (κ3) is 3.28. The van der Waals surface area contributed by atoms with Gasteiger partial charge in [-0.15, -0.1) is 0 Å². The zero-order valence-corrected chi connectivity index (χ0v) is 14.6. The predicted octanol–water partition coefficient (Wildman–Crippen LogP) is 3.65. The highest BCUT2D eigenvalue weighted by Crippen LogP contribution is 2.29. The fourth-order valence-electron chi connectivity index (χ4n) is 3.40. The maximum atomic E-state index is 10.1. The van der Waals surface area contributed by atoms with Crippen LogP contribution in [-0.2, 0) is 19.4 Å². The van der Waals surface area contributed by atoms with E-state index in [1.165, 1.54) is 11.3 Å². The molecule has 0 saturated carbocycles. The molecule has 0 bridgehead atoms. The van der Waals surface area contributed by atoms with Gasteiger partial charge in [-0.2, -0.15) is 5.10 Å². The molecule has 4 rings (SSSR count). The molecule has 1 aliphatic heterocycles. The van der Waals surface area contributed by atoms with Crippen LogP contribution in [0.2, 0.25) is 5.02 Å². The normalized spacial score (nSPS) is 14.1. The van der Waals surface area contributed by atoms with Crippen molar-refractivity contribution in [3.8, 4) is 17.0 Å². The smallest absolute Gasteiger partial charge is 0.120 e. The molecule has 2 aromatic carbocycles. The van der Waals surface area contributed by atoms with E-state index in [1.807, 2.05) is 47.1 Å². The quantitative estimate of drug-likeness (QED) is 0.755. The number of nitrogens with zero attached hydrogens (tertiary/aromatic N) is 2. The van der Waals surface area contributed by atoms with Gasteiger partial charge in [0.15, 0.2) is 0 Å². The summed E-state index contributed by atoms with van der Waals surface area (Å²) in [6.45, 7) is 2.47. The van der Waals surface area contributed by atoms with Crippen molar-refractivity contribution < 1.29 is 5.11 Å². The van der Waals surface area contributed by atoms with Crippen LogP contribution in [0.1, 0.15) is 16.8 Å². The molecule has 0 amide bonds. The van der Waals surface area contributed by atoms with E-state index >= 15 is 0 Å². The molecule has 25 heavy (non-hydrogen) atoms. The molecule has 3 aromatic rings. The first-order valence-electron chi connectivity index (χ1n) is 8.54. The van der Waals surface area contributed by atoms with Crippen LogP contribution >= 0.6 is 11.6 Å². The van der Waals surface area contributed by atoms with Crippen molar-refractivity contribution in [1.29, 1.82) is 0 Å². The van der Waals surface area contributed by atoms with Crippen molar-refractivity contribution >= 4 is 11.6 Å². The van der Waals surface area contributed by atoms with Crippen molar-refractivity contribution in [2.45, 2.75) is 19.4 Å². The minimum absolute atomic E-state index is 0.312. The second-order valence-electron chi connectivity index (χ2n) is 6.32. The fraction of sp³-hybridized carbons (Fsp3) is 0.250. The standard InChI is InChI=1S/C20H20ClN3O/c21-16-7-5-14(6-8-16)20-17-9-11-22-12-10-18(17)24(23-20)13-15-3-1-2-4-19(15)25/h1-8,22,25H,9-13H2. The SMILES string of the molecule is Oc1ccccc1Cn1nc(-c2ccc(Cl)cc2)c2c1CCNCC2. The number of phenols is 1. The molecule has 2 heterocycles. The molecule has 4 nitrogen and oxygen atoms in total. The second-order valence-corrected chi connectivity index (χ2v) is 6.75. The van der Waals surface area contributed by atoms with Gasteiger partial charge in [-0.1, -0.05) is 41.9 Å². The number of nitrogens with one attached hydrogen (secondary N) is 1. The Kier molecular flexibility index (Phi) is 4.47. The van der Waals surface area contributed by atoms with Crippen molar-refractivity contribution in [1.82, 2.24) is 15.1 Å². The summed E-state index contributed by atoms with van der Waals surface area (Å²) in [6, 6.07) is 15.3. The third-order valence-electron chi connectivity index (χ3n) is 4.69. The van der Waals surface area contributed by atoms with Gasteiger partial charge < -0.3 is 10.4 Å². The molecule has 0 spiro atoms. The molecule has 128 valence electrons. The number of aromatic hydroxyl groups is 1. The lowest BCUT2D eigenvalue weighted by molar-refractivity contribution is 0.463. The molecule has 1 aromatic heterocycles. The molecule has 0 aliphatic carbocycles. The largest absolute Gasteiger partial charge is 0.508 e. The summed E-state index contributed by atoms with van der Waals surface area (Å²) in [4.78, 5) is 0. The van der Waals surface area contributed by atoms with E-state index in [1.54, 1.807) is 6.07 Å². The topological polar surface area (TPSA) is 50.1 Å². The van der Waals surface area contributed by atoms with Gasteiger partial charge in [0.1, 0.15) is 5.75 Å². The highest BCUT2D eigenvalue weighted by molar-refractivity contribution is 6.30. The summed E-state index contributed by atoms with van der Waals surface area (Å²) in [5.41, 5.74) is 5.53. The number of rotatable bonds is 3. The zero-order valence-electron chi connectivity index (χ0n) is 13.9. The van der Waals surface area contributed by atoms with Crippen LogP contribution in [0, 0.1) is 0 Å². The van der Waals surface area contributed by atoms with Gasteiger partial charge in [0, 0.05) is 40.4 Å². The zero-order chi connectivity index (χ0) is 17.2. The summed E-state index contributed by atoms with van der Waals surface area (Å²) in [5.74, 6) is 0.312. The van der Waals surface area contributed by atoms with Crippen LogP contribution in [-0.4, -0.2) is 28.0 Å². The van der Waals surface area contributed by atoms with Gasteiger partial charge in [-0.3, -0.25) is 4.68 Å². The number of hydrogen-bond acceptors (Lipinski definition) is 3. The second kappa shape index (κ2) is 6.90. The van der Waals surface area contributed by atoms with E-state index in [9.17, 15) is 5.11 Å². The predicted molar refractivity (Wildman–Crippen MR) is 100 cm³/mol. The van der Waals surface area contributed by atoms with Gasteiger partial charge >= 0.3 is 0 Å². The van der Waals surface area contributed by atoms with Gasteiger partial charge in [-0.05, 0) is 31.2 Å². The molecule has 5 heteroatoms. The molecule has 0 unspecified atom stereocenters. The van der Waals surface area contributed by atoms with E-state index < -0.39 is 0 Å². The van der Waals surface area contributed by atoms with Crippen molar-refractivity contribution in [3.05, 3.63) is 70.4 Å². The lowest BCUT2D eigenvalue weighted by Crippen LogP contribution is -2.17. The molecular formula is C20H20ClN3O. The summed E-state index contributed by atoms with van der Waals surface area (Å²) in [5, 5.41) is 19.2. The van der Waals surface area contributed by atoms with Crippen LogP contribution in [0.5, 0.6) is 5.75 Å². The molecule has 2 N–H and O–H groups in total.